The number of carbonyl (C=O) groups excluding carboxylic acids is 1. The zero-order chi connectivity index (χ0) is 15.7. The lowest BCUT2D eigenvalue weighted by Crippen LogP contribution is -2.39. The molecule has 0 bridgehead atoms. The van der Waals surface area contributed by atoms with Crippen LogP contribution < -0.4 is 4.74 Å². The molecule has 0 heterocycles. The highest BCUT2D eigenvalue weighted by atomic mass is 16.6. The number of benzene rings is 1. The number of hydrogen-bond donors (Lipinski definition) is 1. The van der Waals surface area contributed by atoms with Gasteiger partial charge in [0.1, 0.15) is 5.75 Å². The van der Waals surface area contributed by atoms with Gasteiger partial charge in [-0.15, -0.1) is 0 Å². The Morgan fingerprint density at radius 1 is 1.24 bits per heavy atom. The summed E-state index contributed by atoms with van der Waals surface area (Å²) in [6, 6.07) is 7.78. The van der Waals surface area contributed by atoms with Crippen LogP contribution in [0, 0.1) is 0 Å². The van der Waals surface area contributed by atoms with E-state index in [0.717, 1.165) is 25.7 Å². The highest BCUT2D eigenvalue weighted by Gasteiger charge is 2.31. The van der Waals surface area contributed by atoms with E-state index in [2.05, 4.69) is 0 Å². The smallest absolute Gasteiger partial charge is 0.349 e. The molecule has 0 fully saturated rings. The van der Waals surface area contributed by atoms with E-state index in [0.29, 0.717) is 12.4 Å². The summed E-state index contributed by atoms with van der Waals surface area (Å²) in [5.41, 5.74) is 0.177. The molecule has 0 spiro atoms. The van der Waals surface area contributed by atoms with Crippen LogP contribution in [-0.4, -0.2) is 29.9 Å². The van der Waals surface area contributed by atoms with Crippen LogP contribution in [0.15, 0.2) is 24.3 Å². The lowest BCUT2D eigenvalue weighted by molar-refractivity contribution is -0.158. The third kappa shape index (κ3) is 6.17. The summed E-state index contributed by atoms with van der Waals surface area (Å²) in [4.78, 5) is 11.8. The van der Waals surface area contributed by atoms with Gasteiger partial charge in [0.15, 0.2) is 5.60 Å². The highest BCUT2D eigenvalue weighted by Crippen LogP contribution is 2.21. The minimum Gasteiger partial charge on any atom is -0.476 e. The second-order valence-corrected chi connectivity index (χ2v) is 5.51. The van der Waals surface area contributed by atoms with Crippen molar-refractivity contribution in [3.8, 4) is 5.75 Å². The minimum absolute atomic E-state index is 0.247. The van der Waals surface area contributed by atoms with Crippen molar-refractivity contribution in [2.24, 2.45) is 0 Å². The molecule has 1 aromatic rings. The Balaban J connectivity index is 2.61. The Morgan fingerprint density at radius 3 is 2.67 bits per heavy atom. The largest absolute Gasteiger partial charge is 0.476 e. The molecule has 0 aliphatic carbocycles. The standard InChI is InChI=1S/C17H26O4/c1-4-20-16(19)17(2,3)21-15-11-8-10-14(13-15)9-6-5-7-12-18/h8,10-11,13,18H,4-7,9,12H2,1-3H3. The van der Waals surface area contributed by atoms with E-state index in [1.807, 2.05) is 24.3 Å². The molecule has 0 unspecified atom stereocenters. The van der Waals surface area contributed by atoms with Gasteiger partial charge < -0.3 is 14.6 Å². The van der Waals surface area contributed by atoms with Crippen LogP contribution >= 0.6 is 0 Å². The zero-order valence-corrected chi connectivity index (χ0v) is 13.2. The maximum absolute atomic E-state index is 11.8. The van der Waals surface area contributed by atoms with Crippen molar-refractivity contribution in [1.82, 2.24) is 0 Å². The van der Waals surface area contributed by atoms with Gasteiger partial charge in [-0.05, 0) is 57.7 Å². The van der Waals surface area contributed by atoms with Gasteiger partial charge >= 0.3 is 5.97 Å². The summed E-state index contributed by atoms with van der Waals surface area (Å²) >= 11 is 0. The van der Waals surface area contributed by atoms with Gasteiger partial charge in [0.25, 0.3) is 0 Å². The van der Waals surface area contributed by atoms with Crippen LogP contribution in [0.4, 0.5) is 0 Å². The summed E-state index contributed by atoms with van der Waals surface area (Å²) in [6.07, 6.45) is 3.82. The molecule has 1 aromatic carbocycles. The summed E-state index contributed by atoms with van der Waals surface area (Å²) in [5.74, 6) is 0.311. The van der Waals surface area contributed by atoms with Gasteiger partial charge in [-0.1, -0.05) is 18.6 Å². The van der Waals surface area contributed by atoms with Crippen molar-refractivity contribution >= 4 is 5.97 Å². The molecule has 0 amide bonds. The summed E-state index contributed by atoms with van der Waals surface area (Å²) in [6.45, 7) is 5.78. The Morgan fingerprint density at radius 2 is 2.00 bits per heavy atom. The fourth-order valence-electron chi connectivity index (χ4n) is 2.02. The number of rotatable bonds is 9. The first-order chi connectivity index (χ1) is 9.99. The first-order valence-electron chi connectivity index (χ1n) is 7.55. The monoisotopic (exact) mass is 294 g/mol. The average Bonchev–Trinajstić information content (AvgIpc) is 2.44. The Bertz CT molecular complexity index is 440. The molecule has 0 saturated heterocycles. The molecule has 0 aliphatic heterocycles. The number of hydrogen-bond acceptors (Lipinski definition) is 4. The van der Waals surface area contributed by atoms with Gasteiger partial charge in [-0.2, -0.15) is 0 Å². The van der Waals surface area contributed by atoms with E-state index in [-0.39, 0.29) is 12.6 Å². The second-order valence-electron chi connectivity index (χ2n) is 5.51. The van der Waals surface area contributed by atoms with Crippen molar-refractivity contribution in [1.29, 1.82) is 0 Å². The van der Waals surface area contributed by atoms with Crippen molar-refractivity contribution in [3.05, 3.63) is 29.8 Å². The second kappa shape index (κ2) is 8.67. The van der Waals surface area contributed by atoms with Gasteiger partial charge in [-0.25, -0.2) is 4.79 Å². The number of ether oxygens (including phenoxy) is 2. The Hall–Kier alpha value is -1.55. The van der Waals surface area contributed by atoms with Crippen molar-refractivity contribution < 1.29 is 19.4 Å². The lowest BCUT2D eigenvalue weighted by Gasteiger charge is -2.24. The number of aliphatic hydroxyl groups is 1. The number of carbonyl (C=O) groups is 1. The summed E-state index contributed by atoms with van der Waals surface area (Å²) < 4.78 is 10.8. The Kier molecular flexibility index (Phi) is 7.23. The van der Waals surface area contributed by atoms with Crippen LogP contribution in [0.2, 0.25) is 0 Å². The number of unbranched alkanes of at least 4 members (excludes halogenated alkanes) is 2. The SMILES string of the molecule is CCOC(=O)C(C)(C)Oc1cccc(CCCCCO)c1. The van der Waals surface area contributed by atoms with E-state index >= 15 is 0 Å². The first-order valence-corrected chi connectivity index (χ1v) is 7.55. The van der Waals surface area contributed by atoms with Crippen molar-refractivity contribution in [3.63, 3.8) is 0 Å². The highest BCUT2D eigenvalue weighted by molar-refractivity contribution is 5.79. The van der Waals surface area contributed by atoms with E-state index in [1.54, 1.807) is 20.8 Å². The van der Waals surface area contributed by atoms with Crippen LogP contribution in [0.1, 0.15) is 45.6 Å². The van der Waals surface area contributed by atoms with Crippen LogP contribution in [0.3, 0.4) is 0 Å². The predicted molar refractivity (Wildman–Crippen MR) is 82.4 cm³/mol. The molecule has 1 rings (SSSR count). The quantitative estimate of drug-likeness (QED) is 0.561. The molecule has 0 radical (unpaired) electrons. The van der Waals surface area contributed by atoms with Crippen molar-refractivity contribution in [2.45, 2.75) is 52.1 Å². The summed E-state index contributed by atoms with van der Waals surface area (Å²) in [5, 5.41) is 8.77. The molecule has 118 valence electrons. The van der Waals surface area contributed by atoms with Crippen LogP contribution in [0.5, 0.6) is 5.75 Å². The molecular weight excluding hydrogens is 268 g/mol. The van der Waals surface area contributed by atoms with Crippen LogP contribution in [0.25, 0.3) is 0 Å². The van der Waals surface area contributed by atoms with Gasteiger partial charge in [0, 0.05) is 6.61 Å². The third-order valence-corrected chi connectivity index (χ3v) is 3.16. The molecule has 4 heteroatoms. The molecular formula is C17H26O4. The Labute approximate surface area is 127 Å². The molecule has 21 heavy (non-hydrogen) atoms. The summed E-state index contributed by atoms with van der Waals surface area (Å²) in [7, 11) is 0. The van der Waals surface area contributed by atoms with Gasteiger partial charge in [0.05, 0.1) is 6.61 Å². The number of esters is 1. The molecule has 0 atom stereocenters. The maximum atomic E-state index is 11.8. The molecule has 0 aliphatic rings. The van der Waals surface area contributed by atoms with Crippen LogP contribution in [-0.2, 0) is 16.0 Å². The molecule has 0 saturated carbocycles. The molecule has 4 nitrogen and oxygen atoms in total. The van der Waals surface area contributed by atoms with E-state index in [9.17, 15) is 4.79 Å². The minimum atomic E-state index is -0.995. The maximum Gasteiger partial charge on any atom is 0.349 e. The van der Waals surface area contributed by atoms with E-state index < -0.39 is 5.60 Å². The lowest BCUT2D eigenvalue weighted by atomic mass is 10.1. The fraction of sp³-hybridized carbons (Fsp3) is 0.588. The molecule has 1 N–H and O–H groups in total. The first kappa shape index (κ1) is 17.5. The fourth-order valence-corrected chi connectivity index (χ4v) is 2.02. The third-order valence-electron chi connectivity index (χ3n) is 3.16. The van der Waals surface area contributed by atoms with Gasteiger partial charge in [0.2, 0.25) is 0 Å². The molecule has 0 aromatic heterocycles. The van der Waals surface area contributed by atoms with E-state index in [1.165, 1.54) is 5.56 Å². The zero-order valence-electron chi connectivity index (χ0n) is 13.2. The predicted octanol–water partition coefficient (Wildman–Crippen LogP) is 3.11. The van der Waals surface area contributed by atoms with Gasteiger partial charge in [-0.3, -0.25) is 0 Å². The topological polar surface area (TPSA) is 55.8 Å². The number of aliphatic hydroxyl groups excluding tert-OH is 1. The average molecular weight is 294 g/mol. The number of aryl methyl sites for hydroxylation is 1. The normalized spacial score (nSPS) is 11.2. The van der Waals surface area contributed by atoms with E-state index in [4.69, 9.17) is 14.6 Å². The van der Waals surface area contributed by atoms with Crippen molar-refractivity contribution in [2.75, 3.05) is 13.2 Å².